The number of aliphatic carboxylic acids is 2. The highest BCUT2D eigenvalue weighted by Gasteiger charge is 2.40. The lowest BCUT2D eigenvalue weighted by Crippen LogP contribution is -2.45. The van der Waals surface area contributed by atoms with Crippen LogP contribution in [0, 0.1) is 6.92 Å². The Balaban J connectivity index is 2.60. The molecule has 1 rings (SSSR count). The van der Waals surface area contributed by atoms with Crippen molar-refractivity contribution in [3.63, 3.8) is 0 Å². The molecule has 14 nitrogen and oxygen atoms in total. The molecule has 0 saturated carbocycles. The highest BCUT2D eigenvalue weighted by atomic mass is 31.2. The molecule has 15 heteroatoms. The van der Waals surface area contributed by atoms with Crippen molar-refractivity contribution in [2.24, 2.45) is 0 Å². The van der Waals surface area contributed by atoms with Gasteiger partial charge in [-0.2, -0.15) is 0 Å². The maximum Gasteiger partial charge on any atom is 0.469 e. The molecule has 31 heavy (non-hydrogen) atoms. The molecule has 0 bridgehead atoms. The van der Waals surface area contributed by atoms with E-state index in [2.05, 4.69) is 20.1 Å². The third-order valence-corrected chi connectivity index (χ3v) is 4.50. The SMILES string of the molecule is Cc1ncc(COP(=O)(O)O)c(CNCCNC(=O)C[C@](O)(CC(=O)O)C(=O)O)c1O. The maximum atomic E-state index is 11.8. The van der Waals surface area contributed by atoms with E-state index >= 15 is 0 Å². The van der Waals surface area contributed by atoms with E-state index in [1.54, 1.807) is 0 Å². The Morgan fingerprint density at radius 3 is 2.39 bits per heavy atom. The van der Waals surface area contributed by atoms with Gasteiger partial charge in [0.15, 0.2) is 5.60 Å². The van der Waals surface area contributed by atoms with E-state index in [1.807, 2.05) is 0 Å². The van der Waals surface area contributed by atoms with Crippen molar-refractivity contribution in [1.82, 2.24) is 15.6 Å². The fraction of sp³-hybridized carbons (Fsp3) is 0.500. The van der Waals surface area contributed by atoms with Gasteiger partial charge >= 0.3 is 19.8 Å². The van der Waals surface area contributed by atoms with Crippen molar-refractivity contribution in [3.05, 3.63) is 23.0 Å². The largest absolute Gasteiger partial charge is 0.506 e. The van der Waals surface area contributed by atoms with Gasteiger partial charge in [-0.05, 0) is 6.92 Å². The minimum absolute atomic E-state index is 0.0169. The van der Waals surface area contributed by atoms with Gasteiger partial charge in [0, 0.05) is 37.0 Å². The number of amides is 1. The number of phosphoric ester groups is 1. The predicted molar refractivity (Wildman–Crippen MR) is 102 cm³/mol. The Kier molecular flexibility index (Phi) is 9.49. The first-order valence-corrected chi connectivity index (χ1v) is 10.3. The van der Waals surface area contributed by atoms with Crippen LogP contribution in [0.15, 0.2) is 6.20 Å². The summed E-state index contributed by atoms with van der Waals surface area (Å²) in [5.41, 5.74) is -1.97. The molecule has 0 aliphatic rings. The number of aliphatic hydroxyl groups is 1. The quantitative estimate of drug-likeness (QED) is 0.124. The molecule has 0 spiro atoms. The number of phosphoric acid groups is 1. The number of carbonyl (C=O) groups excluding carboxylic acids is 1. The van der Waals surface area contributed by atoms with Crippen molar-refractivity contribution in [2.45, 2.75) is 38.5 Å². The number of carbonyl (C=O) groups is 3. The number of aryl methyl sites for hydroxylation is 1. The van der Waals surface area contributed by atoms with Crippen molar-refractivity contribution >= 4 is 25.7 Å². The first kappa shape index (κ1) is 26.4. The minimum Gasteiger partial charge on any atom is -0.506 e. The van der Waals surface area contributed by atoms with E-state index in [0.717, 1.165) is 0 Å². The summed E-state index contributed by atoms with van der Waals surface area (Å²) < 4.78 is 15.3. The number of carboxylic acids is 2. The van der Waals surface area contributed by atoms with Crippen LogP contribution in [0.2, 0.25) is 0 Å². The summed E-state index contributed by atoms with van der Waals surface area (Å²) in [5.74, 6) is -4.50. The zero-order valence-corrected chi connectivity index (χ0v) is 17.3. The molecule has 0 aliphatic heterocycles. The monoisotopic (exact) mass is 465 g/mol. The second-order valence-electron chi connectivity index (χ2n) is 6.57. The lowest BCUT2D eigenvalue weighted by Gasteiger charge is -2.20. The number of hydrogen-bond acceptors (Lipinski definition) is 9. The molecule has 0 fully saturated rings. The molecule has 0 radical (unpaired) electrons. The van der Waals surface area contributed by atoms with Gasteiger partial charge in [-0.15, -0.1) is 0 Å². The number of nitrogens with one attached hydrogen (secondary N) is 2. The molecule has 8 N–H and O–H groups in total. The second-order valence-corrected chi connectivity index (χ2v) is 7.81. The fourth-order valence-electron chi connectivity index (χ4n) is 2.46. The summed E-state index contributed by atoms with van der Waals surface area (Å²) in [4.78, 5) is 55.1. The average molecular weight is 465 g/mol. The van der Waals surface area contributed by atoms with Crippen LogP contribution in [0.4, 0.5) is 0 Å². The Bertz CT molecular complexity index is 873. The molecular formula is C16H24N3O11P. The van der Waals surface area contributed by atoms with Crippen molar-refractivity contribution in [2.75, 3.05) is 13.1 Å². The summed E-state index contributed by atoms with van der Waals surface area (Å²) in [5, 5.41) is 42.8. The number of hydrogen-bond donors (Lipinski definition) is 8. The van der Waals surface area contributed by atoms with Gasteiger partial charge in [-0.25, -0.2) is 9.36 Å². The van der Waals surface area contributed by atoms with E-state index in [1.165, 1.54) is 13.1 Å². The van der Waals surface area contributed by atoms with Crippen molar-refractivity contribution in [3.8, 4) is 5.75 Å². The number of carboxylic acid groups (broad SMARTS) is 2. The van der Waals surface area contributed by atoms with Crippen LogP contribution >= 0.6 is 7.82 Å². The third-order valence-electron chi connectivity index (χ3n) is 4.04. The van der Waals surface area contributed by atoms with E-state index in [4.69, 9.17) is 20.0 Å². The van der Waals surface area contributed by atoms with Crippen LogP contribution < -0.4 is 10.6 Å². The summed E-state index contributed by atoms with van der Waals surface area (Å²) in [6, 6.07) is 0. The highest BCUT2D eigenvalue weighted by molar-refractivity contribution is 7.46. The molecule has 0 unspecified atom stereocenters. The van der Waals surface area contributed by atoms with Crippen LogP contribution in [0.1, 0.15) is 29.7 Å². The molecule has 0 aliphatic carbocycles. The third kappa shape index (κ3) is 8.96. The van der Waals surface area contributed by atoms with Crippen LogP contribution in [0.3, 0.4) is 0 Å². The Morgan fingerprint density at radius 2 is 1.84 bits per heavy atom. The topological polar surface area (TPSA) is 236 Å². The summed E-state index contributed by atoms with van der Waals surface area (Å²) in [7, 11) is -4.74. The lowest BCUT2D eigenvalue weighted by molar-refractivity contribution is -0.167. The van der Waals surface area contributed by atoms with Gasteiger partial charge in [-0.3, -0.25) is 19.1 Å². The normalized spacial score (nSPS) is 13.4. The fourth-order valence-corrected chi connectivity index (χ4v) is 2.76. The first-order chi connectivity index (χ1) is 14.2. The highest BCUT2D eigenvalue weighted by Crippen LogP contribution is 2.38. The summed E-state index contributed by atoms with van der Waals surface area (Å²) in [6.45, 7) is 1.13. The van der Waals surface area contributed by atoms with Gasteiger partial charge in [-0.1, -0.05) is 0 Å². The smallest absolute Gasteiger partial charge is 0.469 e. The number of aromatic nitrogens is 1. The first-order valence-electron chi connectivity index (χ1n) is 8.76. The molecule has 1 amide bonds. The van der Waals surface area contributed by atoms with Crippen LogP contribution in [0.25, 0.3) is 0 Å². The lowest BCUT2D eigenvalue weighted by atomic mass is 9.95. The van der Waals surface area contributed by atoms with E-state index < -0.39 is 50.7 Å². The average Bonchev–Trinajstić information content (AvgIpc) is 2.62. The van der Waals surface area contributed by atoms with Gasteiger partial charge < -0.3 is 40.8 Å². The number of pyridine rings is 1. The van der Waals surface area contributed by atoms with Crippen LogP contribution in [0.5, 0.6) is 5.75 Å². The molecule has 1 aromatic rings. The van der Waals surface area contributed by atoms with Gasteiger partial charge in [0.1, 0.15) is 5.75 Å². The zero-order chi connectivity index (χ0) is 23.8. The van der Waals surface area contributed by atoms with Crippen LogP contribution in [-0.4, -0.2) is 71.7 Å². The Morgan fingerprint density at radius 1 is 1.19 bits per heavy atom. The number of aromatic hydroxyl groups is 1. The number of rotatable bonds is 13. The molecule has 1 atom stereocenters. The predicted octanol–water partition coefficient (Wildman–Crippen LogP) is -1.41. The van der Waals surface area contributed by atoms with E-state index in [-0.39, 0.29) is 42.2 Å². The van der Waals surface area contributed by atoms with Gasteiger partial charge in [0.05, 0.1) is 25.1 Å². The molecular weight excluding hydrogens is 441 g/mol. The molecule has 174 valence electrons. The number of nitrogens with zero attached hydrogens (tertiary/aromatic N) is 1. The van der Waals surface area contributed by atoms with E-state index in [9.17, 15) is 29.2 Å². The van der Waals surface area contributed by atoms with Crippen molar-refractivity contribution in [1.29, 1.82) is 0 Å². The Hall–Kier alpha value is -2.61. The standard InChI is InChI=1S/C16H24N3O11P/c1-9-14(23)11(10(6-19-9)8-30-31(27,28)29)7-17-2-3-18-12(20)4-16(26,15(24)25)5-13(21)22/h6,17,23,26H,2-5,7-8H2,1H3,(H,18,20)(H,21,22)(H,24,25)(H2,27,28,29)/t16-/m0/s1. The van der Waals surface area contributed by atoms with Gasteiger partial charge in [0.2, 0.25) is 5.91 Å². The maximum absolute atomic E-state index is 11.8. The van der Waals surface area contributed by atoms with Crippen LogP contribution in [-0.2, 0) is 36.6 Å². The summed E-state index contributed by atoms with van der Waals surface area (Å²) in [6.07, 6.45) is -0.810. The minimum atomic E-state index is -4.74. The van der Waals surface area contributed by atoms with Crippen molar-refractivity contribution < 1.29 is 53.7 Å². The molecule has 1 aromatic heterocycles. The molecule has 0 saturated heterocycles. The van der Waals surface area contributed by atoms with E-state index in [0.29, 0.717) is 0 Å². The molecule has 1 heterocycles. The second kappa shape index (κ2) is 11.1. The summed E-state index contributed by atoms with van der Waals surface area (Å²) >= 11 is 0. The molecule has 0 aromatic carbocycles. The van der Waals surface area contributed by atoms with Gasteiger partial charge in [0.25, 0.3) is 0 Å². The Labute approximate surface area is 176 Å². The zero-order valence-electron chi connectivity index (χ0n) is 16.4.